The van der Waals surface area contributed by atoms with Gasteiger partial charge in [0.05, 0.1) is 11.3 Å². The molecular formula is C18H26N4O3. The number of fused-ring (bicyclic) bond motifs is 1. The van der Waals surface area contributed by atoms with Crippen LogP contribution in [0.3, 0.4) is 0 Å². The Kier molecular flexibility index (Phi) is 5.53. The Bertz CT molecular complexity index is 743. The molecule has 0 bridgehead atoms. The van der Waals surface area contributed by atoms with Gasteiger partial charge in [0.1, 0.15) is 17.9 Å². The van der Waals surface area contributed by atoms with Crippen molar-refractivity contribution in [1.29, 1.82) is 0 Å². The number of hydrogen-bond donors (Lipinski definition) is 1. The summed E-state index contributed by atoms with van der Waals surface area (Å²) < 4.78 is 10.7. The largest absolute Gasteiger partial charge is 0.443 e. The molecule has 7 nitrogen and oxygen atoms in total. The molecule has 2 aromatic heterocycles. The van der Waals surface area contributed by atoms with Crippen LogP contribution in [0, 0.1) is 19.8 Å². The van der Waals surface area contributed by atoms with E-state index in [9.17, 15) is 4.79 Å². The minimum Gasteiger partial charge on any atom is -0.443 e. The normalized spacial score (nSPS) is 17.9. The van der Waals surface area contributed by atoms with Crippen LogP contribution >= 0.6 is 0 Å². The lowest BCUT2D eigenvalue weighted by Gasteiger charge is -2.33. The number of rotatable bonds is 6. The molecule has 1 fully saturated rings. The van der Waals surface area contributed by atoms with Crippen LogP contribution in [0.15, 0.2) is 10.7 Å². The van der Waals surface area contributed by atoms with Gasteiger partial charge in [-0.25, -0.2) is 9.97 Å². The molecule has 1 atom stereocenters. The summed E-state index contributed by atoms with van der Waals surface area (Å²) in [5, 5.41) is 3.97. The highest BCUT2D eigenvalue weighted by Gasteiger charge is 2.28. The standard InChI is InChI=1S/C18H26N4O3/c1-12-13(2)25-18-15(12)16(20-11-21-18)22-8-4-6-14(10-22)17(23)19-7-5-9-24-3/h11,14H,4-10H2,1-3H3,(H,19,23). The van der Waals surface area contributed by atoms with E-state index in [-0.39, 0.29) is 11.8 Å². The Balaban J connectivity index is 1.72. The van der Waals surface area contributed by atoms with Crippen molar-refractivity contribution in [3.05, 3.63) is 17.7 Å². The predicted molar refractivity (Wildman–Crippen MR) is 95.7 cm³/mol. The lowest BCUT2D eigenvalue weighted by Crippen LogP contribution is -2.43. The second-order valence-electron chi connectivity index (χ2n) is 6.58. The van der Waals surface area contributed by atoms with Crippen molar-refractivity contribution < 1.29 is 13.9 Å². The van der Waals surface area contributed by atoms with E-state index >= 15 is 0 Å². The lowest BCUT2D eigenvalue weighted by molar-refractivity contribution is -0.125. The van der Waals surface area contributed by atoms with Gasteiger partial charge in [-0.05, 0) is 33.1 Å². The maximum Gasteiger partial charge on any atom is 0.231 e. The number of nitrogens with zero attached hydrogens (tertiary/aromatic N) is 3. The molecule has 25 heavy (non-hydrogen) atoms. The highest BCUT2D eigenvalue weighted by atomic mass is 16.5. The van der Waals surface area contributed by atoms with Gasteiger partial charge in [-0.3, -0.25) is 4.79 Å². The molecule has 1 aliphatic rings. The maximum absolute atomic E-state index is 12.4. The van der Waals surface area contributed by atoms with E-state index in [2.05, 4.69) is 20.2 Å². The summed E-state index contributed by atoms with van der Waals surface area (Å²) in [5.41, 5.74) is 1.68. The van der Waals surface area contributed by atoms with Gasteiger partial charge in [-0.1, -0.05) is 0 Å². The first-order chi connectivity index (χ1) is 12.1. The Morgan fingerprint density at radius 1 is 1.44 bits per heavy atom. The number of hydrogen-bond acceptors (Lipinski definition) is 6. The molecule has 1 amide bonds. The molecule has 0 radical (unpaired) electrons. The number of carbonyl (C=O) groups is 1. The molecule has 1 saturated heterocycles. The number of anilines is 1. The average Bonchev–Trinajstić information content (AvgIpc) is 2.93. The summed E-state index contributed by atoms with van der Waals surface area (Å²) in [5.74, 6) is 1.83. The third kappa shape index (κ3) is 3.76. The number of methoxy groups -OCH3 is 1. The number of aromatic nitrogens is 2. The van der Waals surface area contributed by atoms with Crippen LogP contribution in [0.5, 0.6) is 0 Å². The first kappa shape index (κ1) is 17.7. The van der Waals surface area contributed by atoms with E-state index in [0.717, 1.165) is 48.3 Å². The molecule has 1 N–H and O–H groups in total. The lowest BCUT2D eigenvalue weighted by atomic mass is 9.96. The fraction of sp³-hybridized carbons (Fsp3) is 0.611. The highest BCUT2D eigenvalue weighted by molar-refractivity contribution is 5.90. The first-order valence-corrected chi connectivity index (χ1v) is 8.84. The van der Waals surface area contributed by atoms with Crippen LogP contribution in [0.1, 0.15) is 30.6 Å². The van der Waals surface area contributed by atoms with Crippen molar-refractivity contribution >= 4 is 22.8 Å². The van der Waals surface area contributed by atoms with Gasteiger partial charge in [0, 0.05) is 38.9 Å². The average molecular weight is 346 g/mol. The number of nitrogens with one attached hydrogen (secondary N) is 1. The number of ether oxygens (including phenoxy) is 1. The minimum atomic E-state index is -0.0189. The molecule has 0 saturated carbocycles. The molecule has 2 aromatic rings. The topological polar surface area (TPSA) is 80.5 Å². The zero-order valence-corrected chi connectivity index (χ0v) is 15.2. The van der Waals surface area contributed by atoms with E-state index in [0.29, 0.717) is 25.4 Å². The molecule has 7 heteroatoms. The summed E-state index contributed by atoms with van der Waals surface area (Å²) >= 11 is 0. The summed E-state index contributed by atoms with van der Waals surface area (Å²) in [6.07, 6.45) is 4.24. The van der Waals surface area contributed by atoms with E-state index in [1.165, 1.54) is 6.33 Å². The Morgan fingerprint density at radius 2 is 2.28 bits per heavy atom. The first-order valence-electron chi connectivity index (χ1n) is 8.84. The zero-order chi connectivity index (χ0) is 17.8. The van der Waals surface area contributed by atoms with Gasteiger partial charge in [0.2, 0.25) is 11.6 Å². The zero-order valence-electron chi connectivity index (χ0n) is 15.2. The van der Waals surface area contributed by atoms with Crippen LogP contribution in [0.2, 0.25) is 0 Å². The monoisotopic (exact) mass is 346 g/mol. The number of piperidine rings is 1. The van der Waals surface area contributed by atoms with Gasteiger partial charge >= 0.3 is 0 Å². The van der Waals surface area contributed by atoms with Crippen LogP contribution in [-0.4, -0.2) is 49.2 Å². The fourth-order valence-electron chi connectivity index (χ4n) is 3.36. The second kappa shape index (κ2) is 7.82. The maximum atomic E-state index is 12.4. The quantitative estimate of drug-likeness (QED) is 0.808. The van der Waals surface area contributed by atoms with Gasteiger partial charge < -0.3 is 19.4 Å². The smallest absolute Gasteiger partial charge is 0.231 e. The Labute approximate surface area is 147 Å². The fourth-order valence-corrected chi connectivity index (χ4v) is 3.36. The molecule has 0 aromatic carbocycles. The van der Waals surface area contributed by atoms with Crippen molar-refractivity contribution in [2.24, 2.45) is 5.92 Å². The van der Waals surface area contributed by atoms with Gasteiger partial charge in [-0.15, -0.1) is 0 Å². The number of carbonyl (C=O) groups excluding carboxylic acids is 1. The predicted octanol–water partition coefficient (Wildman–Crippen LogP) is 2.21. The SMILES string of the molecule is COCCCNC(=O)C1CCCN(c2ncnc3oc(C)c(C)c23)C1. The third-order valence-electron chi connectivity index (χ3n) is 4.86. The Morgan fingerprint density at radius 3 is 3.08 bits per heavy atom. The molecule has 1 aliphatic heterocycles. The van der Waals surface area contributed by atoms with E-state index < -0.39 is 0 Å². The van der Waals surface area contributed by atoms with Crippen molar-refractivity contribution in [2.75, 3.05) is 38.3 Å². The molecule has 0 spiro atoms. The summed E-state index contributed by atoms with van der Waals surface area (Å²) in [6.45, 7) is 6.84. The van der Waals surface area contributed by atoms with Gasteiger partial charge in [0.25, 0.3) is 0 Å². The van der Waals surface area contributed by atoms with Crippen LogP contribution in [-0.2, 0) is 9.53 Å². The van der Waals surface area contributed by atoms with Crippen molar-refractivity contribution in [3.63, 3.8) is 0 Å². The molecular weight excluding hydrogens is 320 g/mol. The molecule has 136 valence electrons. The van der Waals surface area contributed by atoms with Gasteiger partial charge in [0.15, 0.2) is 0 Å². The summed E-state index contributed by atoms with van der Waals surface area (Å²) in [4.78, 5) is 23.4. The number of amides is 1. The van der Waals surface area contributed by atoms with Gasteiger partial charge in [-0.2, -0.15) is 0 Å². The second-order valence-corrected chi connectivity index (χ2v) is 6.58. The van der Waals surface area contributed by atoms with Crippen molar-refractivity contribution in [1.82, 2.24) is 15.3 Å². The molecule has 3 rings (SSSR count). The molecule has 1 unspecified atom stereocenters. The number of aryl methyl sites for hydroxylation is 2. The van der Waals surface area contributed by atoms with Crippen LogP contribution in [0.4, 0.5) is 5.82 Å². The van der Waals surface area contributed by atoms with Crippen LogP contribution in [0.25, 0.3) is 11.1 Å². The van der Waals surface area contributed by atoms with Crippen LogP contribution < -0.4 is 10.2 Å². The molecule has 3 heterocycles. The Hall–Kier alpha value is -2.15. The van der Waals surface area contributed by atoms with E-state index in [1.54, 1.807) is 7.11 Å². The van der Waals surface area contributed by atoms with Crippen molar-refractivity contribution in [2.45, 2.75) is 33.1 Å². The third-order valence-corrected chi connectivity index (χ3v) is 4.86. The van der Waals surface area contributed by atoms with E-state index in [4.69, 9.17) is 9.15 Å². The minimum absolute atomic E-state index is 0.0189. The number of furan rings is 1. The summed E-state index contributed by atoms with van der Waals surface area (Å²) in [6, 6.07) is 0. The molecule has 0 aliphatic carbocycles. The summed E-state index contributed by atoms with van der Waals surface area (Å²) in [7, 11) is 1.67. The highest BCUT2D eigenvalue weighted by Crippen LogP contribution is 2.32. The van der Waals surface area contributed by atoms with Crippen molar-refractivity contribution in [3.8, 4) is 0 Å². The van der Waals surface area contributed by atoms with E-state index in [1.807, 2.05) is 13.8 Å².